The Hall–Kier alpha value is -0.530. The van der Waals surface area contributed by atoms with Crippen LogP contribution in [0.15, 0.2) is 24.3 Å². The van der Waals surface area contributed by atoms with Crippen LogP contribution in [0, 0.1) is 17.8 Å². The van der Waals surface area contributed by atoms with Crippen LogP contribution >= 0.6 is 11.6 Å². The number of benzene rings is 1. The third kappa shape index (κ3) is 3.81. The Labute approximate surface area is 134 Å². The lowest BCUT2D eigenvalue weighted by atomic mass is 9.83. The van der Waals surface area contributed by atoms with Gasteiger partial charge >= 0.3 is 0 Å². The van der Waals surface area contributed by atoms with Gasteiger partial charge in [-0.3, -0.25) is 0 Å². The minimum absolute atomic E-state index is 0.592. The summed E-state index contributed by atoms with van der Waals surface area (Å²) in [5.41, 5.74) is 1.30. The zero-order chi connectivity index (χ0) is 14.7. The summed E-state index contributed by atoms with van der Waals surface area (Å²) >= 11 is 6.35. The molecule has 1 nitrogen and oxygen atoms in total. The van der Waals surface area contributed by atoms with Crippen LogP contribution < -0.4 is 5.32 Å². The minimum Gasteiger partial charge on any atom is -0.314 e. The molecule has 0 radical (unpaired) electrons. The largest absolute Gasteiger partial charge is 0.314 e. The van der Waals surface area contributed by atoms with E-state index in [4.69, 9.17) is 11.6 Å². The lowest BCUT2D eigenvalue weighted by molar-refractivity contribution is 0.276. The van der Waals surface area contributed by atoms with Crippen molar-refractivity contribution in [1.82, 2.24) is 5.32 Å². The molecule has 0 amide bonds. The highest BCUT2D eigenvalue weighted by Crippen LogP contribution is 2.50. The normalized spacial score (nSPS) is 29.0. The van der Waals surface area contributed by atoms with Crippen molar-refractivity contribution in [2.24, 2.45) is 17.8 Å². The van der Waals surface area contributed by atoms with Crippen molar-refractivity contribution < 1.29 is 0 Å². The molecule has 0 heterocycles. The summed E-state index contributed by atoms with van der Waals surface area (Å²) < 4.78 is 0. The van der Waals surface area contributed by atoms with Crippen molar-refractivity contribution in [3.63, 3.8) is 0 Å². The zero-order valence-electron chi connectivity index (χ0n) is 13.2. The van der Waals surface area contributed by atoms with Crippen molar-refractivity contribution in [2.75, 3.05) is 6.54 Å². The van der Waals surface area contributed by atoms with Gasteiger partial charge in [0.05, 0.1) is 0 Å². The maximum atomic E-state index is 6.35. The minimum atomic E-state index is 0.592. The molecule has 1 aromatic carbocycles. The lowest BCUT2D eigenvalue weighted by Crippen LogP contribution is -2.35. The van der Waals surface area contributed by atoms with Crippen LogP contribution in [0.1, 0.15) is 51.0 Å². The van der Waals surface area contributed by atoms with E-state index in [0.29, 0.717) is 6.04 Å². The first-order valence-electron chi connectivity index (χ1n) is 8.73. The Morgan fingerprint density at radius 2 is 2.10 bits per heavy atom. The van der Waals surface area contributed by atoms with E-state index in [-0.39, 0.29) is 0 Å². The van der Waals surface area contributed by atoms with Gasteiger partial charge in [-0.2, -0.15) is 0 Å². The van der Waals surface area contributed by atoms with E-state index in [1.165, 1.54) is 44.1 Å². The smallest absolute Gasteiger partial charge is 0.0438 e. The van der Waals surface area contributed by atoms with E-state index in [9.17, 15) is 0 Å². The molecule has 0 aromatic heterocycles. The van der Waals surface area contributed by atoms with Crippen molar-refractivity contribution in [3.8, 4) is 0 Å². The van der Waals surface area contributed by atoms with Gasteiger partial charge in [-0.25, -0.2) is 0 Å². The van der Waals surface area contributed by atoms with Gasteiger partial charge in [0.1, 0.15) is 0 Å². The van der Waals surface area contributed by atoms with Gasteiger partial charge in [-0.1, -0.05) is 43.1 Å². The molecule has 0 spiro atoms. The number of halogens is 1. The molecule has 2 aliphatic rings. The highest BCUT2D eigenvalue weighted by Gasteiger charge is 2.40. The topological polar surface area (TPSA) is 12.0 Å². The fraction of sp³-hybridized carbons (Fsp3) is 0.684. The molecule has 0 aliphatic heterocycles. The Kier molecular flexibility index (Phi) is 5.24. The average molecular weight is 306 g/mol. The van der Waals surface area contributed by atoms with Crippen molar-refractivity contribution in [1.29, 1.82) is 0 Å². The Morgan fingerprint density at radius 3 is 2.76 bits per heavy atom. The van der Waals surface area contributed by atoms with Gasteiger partial charge in [0, 0.05) is 11.1 Å². The highest BCUT2D eigenvalue weighted by atomic mass is 35.5. The molecule has 21 heavy (non-hydrogen) atoms. The first-order valence-corrected chi connectivity index (χ1v) is 9.10. The van der Waals surface area contributed by atoms with Gasteiger partial charge in [0.2, 0.25) is 0 Å². The molecule has 4 atom stereocenters. The second kappa shape index (κ2) is 7.15. The van der Waals surface area contributed by atoms with Crippen molar-refractivity contribution in [2.45, 2.75) is 57.9 Å². The van der Waals surface area contributed by atoms with E-state index in [2.05, 4.69) is 24.4 Å². The van der Waals surface area contributed by atoms with Crippen molar-refractivity contribution >= 4 is 11.6 Å². The third-order valence-corrected chi connectivity index (χ3v) is 5.95. The molecule has 1 N–H and O–H groups in total. The van der Waals surface area contributed by atoms with E-state index in [1.807, 2.05) is 12.1 Å². The second-order valence-corrected chi connectivity index (χ2v) is 7.52. The molecule has 2 aliphatic carbocycles. The van der Waals surface area contributed by atoms with Crippen LogP contribution in [0.5, 0.6) is 0 Å². The molecule has 3 rings (SSSR count). The predicted octanol–water partition coefficient (Wildman–Crippen LogP) is 5.08. The molecule has 4 unspecified atom stereocenters. The SMILES string of the molecule is CCCNC(Cc1ccccc1Cl)CC1CC2CCC1C2. The van der Waals surface area contributed by atoms with Gasteiger partial charge in [0.25, 0.3) is 0 Å². The quantitative estimate of drug-likeness (QED) is 0.741. The summed E-state index contributed by atoms with van der Waals surface area (Å²) in [7, 11) is 0. The third-order valence-electron chi connectivity index (χ3n) is 5.58. The van der Waals surface area contributed by atoms with Gasteiger partial charge in [-0.05, 0) is 74.5 Å². The molecule has 1 aromatic rings. The van der Waals surface area contributed by atoms with Crippen LogP contribution in [0.3, 0.4) is 0 Å². The molecule has 0 saturated heterocycles. The fourth-order valence-electron chi connectivity index (χ4n) is 4.55. The monoisotopic (exact) mass is 305 g/mol. The Bertz CT molecular complexity index is 459. The summed E-state index contributed by atoms with van der Waals surface area (Å²) in [5, 5.41) is 4.70. The second-order valence-electron chi connectivity index (χ2n) is 7.12. The van der Waals surface area contributed by atoms with E-state index >= 15 is 0 Å². The summed E-state index contributed by atoms with van der Waals surface area (Å²) in [5.74, 6) is 3.03. The molecule has 2 saturated carbocycles. The number of fused-ring (bicyclic) bond motifs is 2. The first kappa shape index (κ1) is 15.4. The van der Waals surface area contributed by atoms with Crippen LogP contribution in [0.25, 0.3) is 0 Å². The maximum Gasteiger partial charge on any atom is 0.0438 e. The van der Waals surface area contributed by atoms with E-state index in [1.54, 1.807) is 0 Å². The van der Waals surface area contributed by atoms with E-state index < -0.39 is 0 Å². The van der Waals surface area contributed by atoms with Crippen LogP contribution in [0.2, 0.25) is 5.02 Å². The molecular formula is C19H28ClN. The summed E-state index contributed by atoms with van der Waals surface area (Å²) in [6.07, 6.45) is 9.60. The summed E-state index contributed by atoms with van der Waals surface area (Å²) in [4.78, 5) is 0. The maximum absolute atomic E-state index is 6.35. The summed E-state index contributed by atoms with van der Waals surface area (Å²) in [6, 6.07) is 8.93. The first-order chi connectivity index (χ1) is 10.3. The summed E-state index contributed by atoms with van der Waals surface area (Å²) in [6.45, 7) is 3.37. The Balaban J connectivity index is 1.62. The highest BCUT2D eigenvalue weighted by molar-refractivity contribution is 6.31. The van der Waals surface area contributed by atoms with Gasteiger partial charge < -0.3 is 5.32 Å². The van der Waals surface area contributed by atoms with E-state index in [0.717, 1.165) is 35.7 Å². The van der Waals surface area contributed by atoms with Crippen LogP contribution in [-0.2, 0) is 6.42 Å². The molecule has 2 heteroatoms. The number of nitrogens with one attached hydrogen (secondary N) is 1. The molecule has 2 bridgehead atoms. The van der Waals surface area contributed by atoms with Crippen LogP contribution in [0.4, 0.5) is 0 Å². The molecule has 2 fully saturated rings. The number of rotatable bonds is 7. The lowest BCUT2D eigenvalue weighted by Gasteiger charge is -2.28. The van der Waals surface area contributed by atoms with Gasteiger partial charge in [0.15, 0.2) is 0 Å². The Morgan fingerprint density at radius 1 is 1.24 bits per heavy atom. The van der Waals surface area contributed by atoms with Crippen LogP contribution in [-0.4, -0.2) is 12.6 Å². The standard InChI is InChI=1S/C19H28ClN/c1-2-9-21-18(12-16-5-3-4-6-19(16)20)13-17-11-14-7-8-15(17)10-14/h3-6,14-15,17-18,21H,2,7-13H2,1H3. The predicted molar refractivity (Wildman–Crippen MR) is 90.8 cm³/mol. The molecular weight excluding hydrogens is 278 g/mol. The average Bonchev–Trinajstić information content (AvgIpc) is 3.09. The van der Waals surface area contributed by atoms with Gasteiger partial charge in [-0.15, -0.1) is 0 Å². The number of hydrogen-bond donors (Lipinski definition) is 1. The van der Waals surface area contributed by atoms with Crippen molar-refractivity contribution in [3.05, 3.63) is 34.9 Å². The number of hydrogen-bond acceptors (Lipinski definition) is 1. The fourth-order valence-corrected chi connectivity index (χ4v) is 4.76. The molecule has 116 valence electrons. The zero-order valence-corrected chi connectivity index (χ0v) is 13.9.